The average molecular weight is 336 g/mol. The zero-order valence-corrected chi connectivity index (χ0v) is 14.6. The van der Waals surface area contributed by atoms with Crippen molar-refractivity contribution in [1.82, 2.24) is 9.97 Å². The molecule has 22 heavy (non-hydrogen) atoms. The Morgan fingerprint density at radius 3 is 2.91 bits per heavy atom. The van der Waals surface area contributed by atoms with E-state index in [9.17, 15) is 0 Å². The van der Waals surface area contributed by atoms with Crippen LogP contribution in [0.15, 0.2) is 0 Å². The number of halogens is 1. The van der Waals surface area contributed by atoms with Gasteiger partial charge in [-0.25, -0.2) is 4.98 Å². The largest absolute Gasteiger partial charge is 0.353 e. The molecule has 118 valence electrons. The second-order valence-corrected chi connectivity index (χ2v) is 7.88. The number of anilines is 1. The molecule has 5 heteroatoms. The molecule has 1 aliphatic heterocycles. The molecule has 4 rings (SSSR count). The number of fused-ring (bicyclic) bond motifs is 3. The van der Waals surface area contributed by atoms with Crippen molar-refractivity contribution in [2.24, 2.45) is 0 Å². The first kappa shape index (κ1) is 14.7. The number of thiophene rings is 1. The van der Waals surface area contributed by atoms with Crippen LogP contribution in [0.25, 0.3) is 10.2 Å². The molecule has 3 heterocycles. The van der Waals surface area contributed by atoms with E-state index in [1.807, 2.05) is 11.3 Å². The third-order valence-corrected chi connectivity index (χ3v) is 6.49. The van der Waals surface area contributed by atoms with Crippen LogP contribution in [0.4, 0.5) is 5.82 Å². The molecule has 0 aromatic carbocycles. The van der Waals surface area contributed by atoms with Crippen LogP contribution in [-0.4, -0.2) is 22.6 Å². The maximum Gasteiger partial charge on any atom is 0.225 e. The number of piperidine rings is 1. The summed E-state index contributed by atoms with van der Waals surface area (Å²) in [6.45, 7) is 3.39. The summed E-state index contributed by atoms with van der Waals surface area (Å²) in [5.74, 6) is 1.11. The van der Waals surface area contributed by atoms with Gasteiger partial charge >= 0.3 is 0 Å². The first-order valence-electron chi connectivity index (χ1n) is 8.52. The molecule has 0 amide bonds. The van der Waals surface area contributed by atoms with Crippen molar-refractivity contribution >= 4 is 39.0 Å². The van der Waals surface area contributed by atoms with Gasteiger partial charge in [-0.15, -0.1) is 11.3 Å². The van der Waals surface area contributed by atoms with Crippen molar-refractivity contribution in [3.05, 3.63) is 15.7 Å². The fraction of sp³-hybridized carbons (Fsp3) is 0.647. The van der Waals surface area contributed by atoms with Crippen molar-refractivity contribution in [2.75, 3.05) is 11.4 Å². The second-order valence-electron chi connectivity index (χ2n) is 6.46. The molecule has 0 saturated carbocycles. The van der Waals surface area contributed by atoms with Crippen LogP contribution in [-0.2, 0) is 12.8 Å². The van der Waals surface area contributed by atoms with Crippen LogP contribution in [0.3, 0.4) is 0 Å². The number of rotatable bonds is 2. The molecule has 2 aliphatic rings. The highest BCUT2D eigenvalue weighted by atomic mass is 35.5. The molecule has 1 saturated heterocycles. The van der Waals surface area contributed by atoms with Crippen molar-refractivity contribution < 1.29 is 0 Å². The second kappa shape index (κ2) is 5.97. The Morgan fingerprint density at radius 1 is 1.18 bits per heavy atom. The Bertz CT molecular complexity index is 697. The Morgan fingerprint density at radius 2 is 2.05 bits per heavy atom. The van der Waals surface area contributed by atoms with Gasteiger partial charge in [-0.3, -0.25) is 0 Å². The molecule has 0 radical (unpaired) electrons. The van der Waals surface area contributed by atoms with Gasteiger partial charge in [-0.2, -0.15) is 4.98 Å². The summed E-state index contributed by atoms with van der Waals surface area (Å²) in [6, 6.07) is 0.599. The van der Waals surface area contributed by atoms with Gasteiger partial charge in [0, 0.05) is 17.5 Å². The lowest BCUT2D eigenvalue weighted by atomic mass is 9.95. The Hall–Kier alpha value is -0.870. The summed E-state index contributed by atoms with van der Waals surface area (Å²) in [5, 5.41) is 1.71. The maximum absolute atomic E-state index is 6.26. The average Bonchev–Trinajstić information content (AvgIpc) is 2.92. The van der Waals surface area contributed by atoms with E-state index >= 15 is 0 Å². The van der Waals surface area contributed by atoms with Crippen LogP contribution >= 0.6 is 22.9 Å². The third kappa shape index (κ3) is 2.41. The summed E-state index contributed by atoms with van der Waals surface area (Å²) in [5.41, 5.74) is 1.51. The highest BCUT2D eigenvalue weighted by molar-refractivity contribution is 7.19. The van der Waals surface area contributed by atoms with Gasteiger partial charge in [0.05, 0.1) is 5.39 Å². The molecule has 3 nitrogen and oxygen atoms in total. The molecule has 1 unspecified atom stereocenters. The monoisotopic (exact) mass is 335 g/mol. The molecule has 1 aliphatic carbocycles. The SMILES string of the molecule is CCC1CCCCN1c1nc(Cl)nc2sc3c(c12)CCCC3. The molecule has 2 aromatic rings. The Kier molecular flexibility index (Phi) is 3.99. The molecular weight excluding hydrogens is 314 g/mol. The first-order chi connectivity index (χ1) is 10.8. The van der Waals surface area contributed by atoms with Gasteiger partial charge in [-0.1, -0.05) is 6.92 Å². The van der Waals surface area contributed by atoms with Gasteiger partial charge in [0.1, 0.15) is 10.6 Å². The molecule has 0 bridgehead atoms. The fourth-order valence-corrected chi connectivity index (χ4v) is 5.50. The maximum atomic E-state index is 6.26. The summed E-state index contributed by atoms with van der Waals surface area (Å²) in [7, 11) is 0. The molecular formula is C17H22ClN3S. The zero-order valence-electron chi connectivity index (χ0n) is 13.1. The number of nitrogens with zero attached hydrogens (tertiary/aromatic N) is 3. The lowest BCUT2D eigenvalue weighted by Gasteiger charge is -2.36. The smallest absolute Gasteiger partial charge is 0.225 e. The van der Waals surface area contributed by atoms with E-state index in [4.69, 9.17) is 16.6 Å². The van der Waals surface area contributed by atoms with Crippen LogP contribution in [0, 0.1) is 0 Å². The van der Waals surface area contributed by atoms with Crippen molar-refractivity contribution in [1.29, 1.82) is 0 Å². The topological polar surface area (TPSA) is 29.0 Å². The molecule has 1 fully saturated rings. The Labute approximate surface area is 140 Å². The normalized spacial score (nSPS) is 22.1. The minimum atomic E-state index is 0.404. The van der Waals surface area contributed by atoms with E-state index in [0.717, 1.165) is 17.2 Å². The van der Waals surface area contributed by atoms with Gasteiger partial charge in [-0.05, 0) is 68.5 Å². The molecule has 2 aromatic heterocycles. The fourth-order valence-electron chi connectivity index (χ4n) is 4.02. The van der Waals surface area contributed by atoms with Crippen molar-refractivity contribution in [3.8, 4) is 0 Å². The van der Waals surface area contributed by atoms with E-state index in [2.05, 4.69) is 16.8 Å². The quantitative estimate of drug-likeness (QED) is 0.724. The summed E-state index contributed by atoms with van der Waals surface area (Å²) < 4.78 is 0. The zero-order chi connectivity index (χ0) is 15.1. The van der Waals surface area contributed by atoms with Gasteiger partial charge < -0.3 is 4.90 Å². The van der Waals surface area contributed by atoms with Crippen molar-refractivity contribution in [3.63, 3.8) is 0 Å². The molecule has 1 atom stereocenters. The minimum Gasteiger partial charge on any atom is -0.353 e. The van der Waals surface area contributed by atoms with E-state index in [1.165, 1.54) is 67.2 Å². The van der Waals surface area contributed by atoms with E-state index in [-0.39, 0.29) is 0 Å². The lowest BCUT2D eigenvalue weighted by molar-refractivity contribution is 0.447. The van der Waals surface area contributed by atoms with E-state index in [0.29, 0.717) is 11.3 Å². The van der Waals surface area contributed by atoms with E-state index < -0.39 is 0 Å². The summed E-state index contributed by atoms with van der Waals surface area (Å²) >= 11 is 8.09. The standard InChI is InChI=1S/C17H22ClN3S/c1-2-11-7-5-6-10-21(11)15-14-12-8-3-4-9-13(12)22-16(14)20-17(18)19-15/h11H,2-10H2,1H3. The predicted molar refractivity (Wildman–Crippen MR) is 94.3 cm³/mol. The third-order valence-electron chi connectivity index (χ3n) is 5.14. The van der Waals surface area contributed by atoms with Crippen LogP contribution in [0.1, 0.15) is 55.9 Å². The number of aryl methyl sites for hydroxylation is 2. The highest BCUT2D eigenvalue weighted by Crippen LogP contribution is 2.41. The number of hydrogen-bond donors (Lipinski definition) is 0. The summed E-state index contributed by atoms with van der Waals surface area (Å²) in [6.07, 6.45) is 10.0. The molecule has 0 spiro atoms. The first-order valence-corrected chi connectivity index (χ1v) is 9.71. The number of hydrogen-bond acceptors (Lipinski definition) is 4. The van der Waals surface area contributed by atoms with Gasteiger partial charge in [0.15, 0.2) is 0 Å². The van der Waals surface area contributed by atoms with E-state index in [1.54, 1.807) is 0 Å². The van der Waals surface area contributed by atoms with Crippen LogP contribution in [0.2, 0.25) is 5.28 Å². The lowest BCUT2D eigenvalue weighted by Crippen LogP contribution is -2.39. The number of aromatic nitrogens is 2. The van der Waals surface area contributed by atoms with Crippen LogP contribution < -0.4 is 4.90 Å². The minimum absolute atomic E-state index is 0.404. The molecule has 0 N–H and O–H groups in total. The Balaban J connectivity index is 1.90. The predicted octanol–water partition coefficient (Wildman–Crippen LogP) is 4.99. The highest BCUT2D eigenvalue weighted by Gasteiger charge is 2.28. The van der Waals surface area contributed by atoms with Gasteiger partial charge in [0.2, 0.25) is 5.28 Å². The van der Waals surface area contributed by atoms with Gasteiger partial charge in [0.25, 0.3) is 0 Å². The summed E-state index contributed by atoms with van der Waals surface area (Å²) in [4.78, 5) is 14.4. The van der Waals surface area contributed by atoms with Crippen molar-refractivity contribution in [2.45, 2.75) is 64.3 Å². The van der Waals surface area contributed by atoms with Crippen LogP contribution in [0.5, 0.6) is 0 Å².